The predicted molar refractivity (Wildman–Crippen MR) is 80.2 cm³/mol. The monoisotopic (exact) mass is 318 g/mol. The minimum absolute atomic E-state index is 0.0298. The van der Waals surface area contributed by atoms with Gasteiger partial charge in [0.25, 0.3) is 0 Å². The molecule has 0 fully saturated rings. The molecular formula is C15H15BrN2O. The topological polar surface area (TPSA) is 42.0 Å². The van der Waals surface area contributed by atoms with Gasteiger partial charge in [-0.3, -0.25) is 4.79 Å². The zero-order valence-corrected chi connectivity index (χ0v) is 12.5. The minimum atomic E-state index is -0.0298. The van der Waals surface area contributed by atoms with E-state index in [1.54, 1.807) is 6.20 Å². The summed E-state index contributed by atoms with van der Waals surface area (Å²) in [4.78, 5) is 16.1. The van der Waals surface area contributed by atoms with E-state index < -0.39 is 0 Å². The highest BCUT2D eigenvalue weighted by Gasteiger charge is 2.07. The van der Waals surface area contributed by atoms with E-state index in [1.165, 1.54) is 0 Å². The molecule has 2 rings (SSSR count). The highest BCUT2D eigenvalue weighted by molar-refractivity contribution is 9.10. The molecule has 1 amide bonds. The van der Waals surface area contributed by atoms with Crippen molar-refractivity contribution in [2.75, 3.05) is 5.32 Å². The molecule has 0 saturated carbocycles. The zero-order chi connectivity index (χ0) is 13.8. The highest BCUT2D eigenvalue weighted by atomic mass is 79.9. The second-order valence-corrected chi connectivity index (χ2v) is 5.23. The largest absolute Gasteiger partial charge is 0.324 e. The van der Waals surface area contributed by atoms with Crippen LogP contribution in [0.3, 0.4) is 0 Å². The van der Waals surface area contributed by atoms with Gasteiger partial charge in [-0.1, -0.05) is 24.3 Å². The van der Waals surface area contributed by atoms with E-state index >= 15 is 0 Å². The second-order valence-electron chi connectivity index (χ2n) is 4.48. The molecule has 0 saturated heterocycles. The zero-order valence-electron chi connectivity index (χ0n) is 10.9. The van der Waals surface area contributed by atoms with Crippen molar-refractivity contribution in [3.05, 3.63) is 57.8 Å². The molecule has 1 aromatic heterocycles. The van der Waals surface area contributed by atoms with Gasteiger partial charge in [0.15, 0.2) is 0 Å². The summed E-state index contributed by atoms with van der Waals surface area (Å²) < 4.78 is 0.796. The van der Waals surface area contributed by atoms with Crippen LogP contribution < -0.4 is 5.32 Å². The fourth-order valence-corrected chi connectivity index (χ4v) is 2.03. The third-order valence-corrected chi connectivity index (χ3v) is 3.74. The molecule has 1 heterocycles. The van der Waals surface area contributed by atoms with Crippen LogP contribution in [0, 0.1) is 13.8 Å². The van der Waals surface area contributed by atoms with E-state index in [9.17, 15) is 4.79 Å². The van der Waals surface area contributed by atoms with Gasteiger partial charge in [-0.2, -0.15) is 0 Å². The van der Waals surface area contributed by atoms with Crippen LogP contribution >= 0.6 is 15.9 Å². The van der Waals surface area contributed by atoms with E-state index in [2.05, 4.69) is 26.2 Å². The Balaban J connectivity index is 2.05. The number of benzene rings is 1. The van der Waals surface area contributed by atoms with E-state index in [1.807, 2.05) is 44.2 Å². The SMILES string of the molecule is Cc1ccccc1CC(=O)Nc1cnc(Br)c(C)c1. The van der Waals surface area contributed by atoms with Crippen LogP contribution in [0.1, 0.15) is 16.7 Å². The molecule has 0 radical (unpaired) electrons. The molecule has 0 unspecified atom stereocenters. The number of carbonyl (C=O) groups is 1. The van der Waals surface area contributed by atoms with Gasteiger partial charge in [0.1, 0.15) is 4.60 Å². The minimum Gasteiger partial charge on any atom is -0.324 e. The van der Waals surface area contributed by atoms with Crippen LogP contribution in [0.5, 0.6) is 0 Å². The van der Waals surface area contributed by atoms with Crippen molar-refractivity contribution >= 4 is 27.5 Å². The molecule has 0 atom stereocenters. The molecule has 0 bridgehead atoms. The molecule has 0 aliphatic rings. The van der Waals surface area contributed by atoms with Crippen LogP contribution in [-0.4, -0.2) is 10.9 Å². The van der Waals surface area contributed by atoms with Crippen LogP contribution in [0.2, 0.25) is 0 Å². The smallest absolute Gasteiger partial charge is 0.228 e. The molecule has 19 heavy (non-hydrogen) atoms. The van der Waals surface area contributed by atoms with Gasteiger partial charge < -0.3 is 5.32 Å². The fourth-order valence-electron chi connectivity index (χ4n) is 1.81. The Hall–Kier alpha value is -1.68. The van der Waals surface area contributed by atoms with Gasteiger partial charge >= 0.3 is 0 Å². The lowest BCUT2D eigenvalue weighted by Crippen LogP contribution is -2.15. The number of carbonyl (C=O) groups excluding carboxylic acids is 1. The van der Waals surface area contributed by atoms with E-state index in [4.69, 9.17) is 0 Å². The van der Waals surface area contributed by atoms with Gasteiger partial charge in [0.2, 0.25) is 5.91 Å². The molecular weight excluding hydrogens is 304 g/mol. The van der Waals surface area contributed by atoms with Crippen LogP contribution in [0.4, 0.5) is 5.69 Å². The summed E-state index contributed by atoms with van der Waals surface area (Å²) >= 11 is 3.34. The van der Waals surface area contributed by atoms with Crippen molar-refractivity contribution in [2.24, 2.45) is 0 Å². The number of nitrogens with zero attached hydrogens (tertiary/aromatic N) is 1. The lowest BCUT2D eigenvalue weighted by Gasteiger charge is -2.08. The predicted octanol–water partition coefficient (Wildman–Crippen LogP) is 3.64. The van der Waals surface area contributed by atoms with E-state index in [0.717, 1.165) is 27.0 Å². The van der Waals surface area contributed by atoms with E-state index in [-0.39, 0.29) is 5.91 Å². The van der Waals surface area contributed by atoms with Crippen LogP contribution in [-0.2, 0) is 11.2 Å². The first kappa shape index (κ1) is 13.7. The van der Waals surface area contributed by atoms with E-state index in [0.29, 0.717) is 6.42 Å². The van der Waals surface area contributed by atoms with Crippen molar-refractivity contribution < 1.29 is 4.79 Å². The van der Waals surface area contributed by atoms with Gasteiger partial charge in [-0.25, -0.2) is 4.98 Å². The molecule has 0 aliphatic carbocycles. The third kappa shape index (κ3) is 3.64. The first-order chi connectivity index (χ1) is 9.06. The molecule has 1 aromatic carbocycles. The van der Waals surface area contributed by atoms with Crippen LogP contribution in [0.15, 0.2) is 41.1 Å². The van der Waals surface area contributed by atoms with Gasteiger partial charge in [0, 0.05) is 0 Å². The number of rotatable bonds is 3. The van der Waals surface area contributed by atoms with Gasteiger partial charge in [0.05, 0.1) is 18.3 Å². The lowest BCUT2D eigenvalue weighted by atomic mass is 10.1. The maximum absolute atomic E-state index is 12.0. The first-order valence-electron chi connectivity index (χ1n) is 6.03. The summed E-state index contributed by atoms with van der Waals surface area (Å²) in [5.74, 6) is -0.0298. The Morgan fingerprint density at radius 2 is 2.00 bits per heavy atom. The highest BCUT2D eigenvalue weighted by Crippen LogP contribution is 2.17. The van der Waals surface area contributed by atoms with Crippen molar-refractivity contribution in [3.63, 3.8) is 0 Å². The second kappa shape index (κ2) is 5.97. The normalized spacial score (nSPS) is 10.3. The van der Waals surface area contributed by atoms with Crippen molar-refractivity contribution in [2.45, 2.75) is 20.3 Å². The molecule has 4 heteroatoms. The number of nitrogens with one attached hydrogen (secondary N) is 1. The number of anilines is 1. The third-order valence-electron chi connectivity index (χ3n) is 2.91. The number of aryl methyl sites for hydroxylation is 2. The molecule has 2 aromatic rings. The summed E-state index contributed by atoms with van der Waals surface area (Å²) in [5.41, 5.74) is 3.89. The average Bonchev–Trinajstić information content (AvgIpc) is 2.37. The Morgan fingerprint density at radius 1 is 1.26 bits per heavy atom. The molecule has 98 valence electrons. The van der Waals surface area contributed by atoms with Crippen molar-refractivity contribution in [1.29, 1.82) is 0 Å². The number of halogens is 1. The Morgan fingerprint density at radius 3 is 2.68 bits per heavy atom. The molecule has 3 nitrogen and oxygen atoms in total. The fraction of sp³-hybridized carbons (Fsp3) is 0.200. The quantitative estimate of drug-likeness (QED) is 0.878. The number of amides is 1. The Kier molecular flexibility index (Phi) is 4.32. The number of pyridine rings is 1. The summed E-state index contributed by atoms with van der Waals surface area (Å²) in [5, 5.41) is 2.86. The maximum Gasteiger partial charge on any atom is 0.228 e. The Bertz CT molecular complexity index is 611. The molecule has 1 N–H and O–H groups in total. The molecule has 0 aliphatic heterocycles. The first-order valence-corrected chi connectivity index (χ1v) is 6.82. The Labute approximate surface area is 121 Å². The van der Waals surface area contributed by atoms with Crippen molar-refractivity contribution in [1.82, 2.24) is 4.98 Å². The van der Waals surface area contributed by atoms with Crippen molar-refractivity contribution in [3.8, 4) is 0 Å². The average molecular weight is 319 g/mol. The lowest BCUT2D eigenvalue weighted by molar-refractivity contribution is -0.115. The standard InChI is InChI=1S/C15H15BrN2O/c1-10-5-3-4-6-12(10)8-14(19)18-13-7-11(2)15(16)17-9-13/h3-7,9H,8H2,1-2H3,(H,18,19). The number of aromatic nitrogens is 1. The maximum atomic E-state index is 12.0. The number of hydrogen-bond donors (Lipinski definition) is 1. The summed E-state index contributed by atoms with van der Waals surface area (Å²) in [6.45, 7) is 3.95. The number of hydrogen-bond acceptors (Lipinski definition) is 2. The van der Waals surface area contributed by atoms with Gasteiger partial charge in [-0.05, 0) is 52.5 Å². The summed E-state index contributed by atoms with van der Waals surface area (Å²) in [7, 11) is 0. The molecule has 0 spiro atoms. The summed E-state index contributed by atoms with van der Waals surface area (Å²) in [6.07, 6.45) is 2.02. The summed E-state index contributed by atoms with van der Waals surface area (Å²) in [6, 6.07) is 9.79. The van der Waals surface area contributed by atoms with Crippen LogP contribution in [0.25, 0.3) is 0 Å². The van der Waals surface area contributed by atoms with Gasteiger partial charge in [-0.15, -0.1) is 0 Å².